The number of benzene rings is 1. The molecule has 6 heteroatoms. The molecule has 1 aromatic carbocycles. The summed E-state index contributed by atoms with van der Waals surface area (Å²) in [5.74, 6) is 0.532. The lowest BCUT2D eigenvalue weighted by Gasteiger charge is -2.07. The number of nitrogens with one attached hydrogen (secondary N) is 2. The maximum absolute atomic E-state index is 12.3. The molecule has 2 aromatic heterocycles. The Morgan fingerprint density at radius 1 is 1.04 bits per heavy atom. The third kappa shape index (κ3) is 3.37. The normalized spacial score (nSPS) is 11.1. The fourth-order valence-corrected chi connectivity index (χ4v) is 3.51. The smallest absolute Gasteiger partial charge is 0.251 e. The number of H-pyrrole nitrogens is 2. The summed E-state index contributed by atoms with van der Waals surface area (Å²) in [6, 6.07) is 7.05. The number of hydrogen-bond donors (Lipinski definition) is 2. The van der Waals surface area contributed by atoms with Crippen LogP contribution in [0.25, 0.3) is 10.9 Å². The Balaban J connectivity index is 1.94. The van der Waals surface area contributed by atoms with E-state index >= 15 is 0 Å². The first-order valence-electron chi connectivity index (χ1n) is 7.26. The lowest BCUT2D eigenvalue weighted by Crippen LogP contribution is -2.09. The third-order valence-electron chi connectivity index (χ3n) is 3.54. The minimum Gasteiger partial charge on any atom is -0.357 e. The molecule has 0 fully saturated rings. The third-order valence-corrected chi connectivity index (χ3v) is 4.46. The molecule has 0 aliphatic carbocycles. The number of thioether (sulfide) groups is 1. The second-order valence-electron chi connectivity index (χ2n) is 5.64. The molecule has 2 heterocycles. The van der Waals surface area contributed by atoms with Crippen molar-refractivity contribution in [3.8, 4) is 0 Å². The van der Waals surface area contributed by atoms with E-state index in [1.807, 2.05) is 26.0 Å². The monoisotopic (exact) mass is 327 g/mol. The van der Waals surface area contributed by atoms with Gasteiger partial charge >= 0.3 is 0 Å². The molecule has 0 spiro atoms. The van der Waals surface area contributed by atoms with Gasteiger partial charge in [-0.1, -0.05) is 17.8 Å². The van der Waals surface area contributed by atoms with Gasteiger partial charge in [0.1, 0.15) is 0 Å². The highest BCUT2D eigenvalue weighted by atomic mass is 32.2. The van der Waals surface area contributed by atoms with E-state index in [1.165, 1.54) is 17.8 Å². The summed E-state index contributed by atoms with van der Waals surface area (Å²) >= 11 is 1.39. The van der Waals surface area contributed by atoms with Crippen molar-refractivity contribution in [3.63, 3.8) is 0 Å². The van der Waals surface area contributed by atoms with Crippen LogP contribution in [0.15, 0.2) is 39.0 Å². The molecule has 3 aromatic rings. The van der Waals surface area contributed by atoms with Crippen LogP contribution in [0.5, 0.6) is 0 Å². The zero-order valence-electron chi connectivity index (χ0n) is 13.2. The van der Waals surface area contributed by atoms with E-state index in [2.05, 4.69) is 15.0 Å². The van der Waals surface area contributed by atoms with Crippen molar-refractivity contribution < 1.29 is 0 Å². The van der Waals surface area contributed by atoms with Gasteiger partial charge in [-0.05, 0) is 38.0 Å². The topological polar surface area (TPSA) is 78.6 Å². The average Bonchev–Trinajstić information content (AvgIpc) is 2.43. The van der Waals surface area contributed by atoms with Crippen LogP contribution in [0, 0.1) is 20.8 Å². The molecule has 0 bridgehead atoms. The van der Waals surface area contributed by atoms with Crippen LogP contribution in [-0.4, -0.2) is 15.0 Å². The van der Waals surface area contributed by atoms with Crippen molar-refractivity contribution in [2.24, 2.45) is 0 Å². The first-order valence-corrected chi connectivity index (χ1v) is 8.25. The molecule has 0 unspecified atom stereocenters. The molecular formula is C17H17N3O2S. The van der Waals surface area contributed by atoms with Gasteiger partial charge in [0, 0.05) is 34.7 Å². The quantitative estimate of drug-likeness (QED) is 0.573. The molecule has 3 rings (SSSR count). The van der Waals surface area contributed by atoms with Crippen molar-refractivity contribution in [1.29, 1.82) is 0 Å². The summed E-state index contributed by atoms with van der Waals surface area (Å²) in [7, 11) is 0. The first-order chi connectivity index (χ1) is 10.9. The molecule has 118 valence electrons. The second-order valence-corrected chi connectivity index (χ2v) is 6.61. The molecule has 0 aliphatic rings. The molecule has 5 nitrogen and oxygen atoms in total. The van der Waals surface area contributed by atoms with Crippen LogP contribution in [-0.2, 0) is 5.75 Å². The standard InChI is InChI=1S/C17H17N3O2S/c1-9-4-10(2)16-13(5-9)19-12(7-14(16)21)8-23-17-18-11(3)6-15(22)20-17/h4-7H,8H2,1-3H3,(H,19,21)(H,18,20,22). The van der Waals surface area contributed by atoms with Crippen LogP contribution in [0.2, 0.25) is 0 Å². The number of fused-ring (bicyclic) bond motifs is 1. The number of aromatic amines is 2. The molecule has 23 heavy (non-hydrogen) atoms. The maximum Gasteiger partial charge on any atom is 0.251 e. The number of aryl methyl sites for hydroxylation is 3. The number of hydrogen-bond acceptors (Lipinski definition) is 4. The Morgan fingerprint density at radius 3 is 2.57 bits per heavy atom. The van der Waals surface area contributed by atoms with E-state index < -0.39 is 0 Å². The van der Waals surface area contributed by atoms with Crippen LogP contribution >= 0.6 is 11.8 Å². The Hall–Kier alpha value is -2.34. The summed E-state index contributed by atoms with van der Waals surface area (Å²) in [5.41, 5.74) is 4.26. The Kier molecular flexibility index (Phi) is 4.09. The van der Waals surface area contributed by atoms with Crippen molar-refractivity contribution in [1.82, 2.24) is 15.0 Å². The number of nitrogens with zero attached hydrogens (tertiary/aromatic N) is 1. The summed E-state index contributed by atoms with van der Waals surface area (Å²) in [5, 5.41) is 1.28. The van der Waals surface area contributed by atoms with Gasteiger partial charge in [-0.3, -0.25) is 9.59 Å². The van der Waals surface area contributed by atoms with E-state index in [4.69, 9.17) is 0 Å². The van der Waals surface area contributed by atoms with E-state index in [1.54, 1.807) is 13.0 Å². The predicted molar refractivity (Wildman–Crippen MR) is 93.2 cm³/mol. The molecule has 0 saturated heterocycles. The molecular weight excluding hydrogens is 310 g/mol. The minimum absolute atomic E-state index is 0.0116. The number of pyridine rings is 1. The van der Waals surface area contributed by atoms with E-state index in [0.29, 0.717) is 16.6 Å². The Bertz CT molecular complexity index is 1000. The van der Waals surface area contributed by atoms with Crippen molar-refractivity contribution in [3.05, 3.63) is 67.4 Å². The highest BCUT2D eigenvalue weighted by Gasteiger charge is 2.07. The predicted octanol–water partition coefficient (Wildman–Crippen LogP) is 2.83. The first kappa shape index (κ1) is 15.6. The fraction of sp³-hybridized carbons (Fsp3) is 0.235. The van der Waals surface area contributed by atoms with Crippen LogP contribution in [0.4, 0.5) is 0 Å². The molecule has 0 aliphatic heterocycles. The van der Waals surface area contributed by atoms with Gasteiger partial charge in [0.05, 0.1) is 5.52 Å². The molecule has 0 radical (unpaired) electrons. The zero-order chi connectivity index (χ0) is 16.6. The molecule has 0 saturated carbocycles. The fourth-order valence-electron chi connectivity index (χ4n) is 2.68. The van der Waals surface area contributed by atoms with Crippen LogP contribution in [0.3, 0.4) is 0 Å². The summed E-state index contributed by atoms with van der Waals surface area (Å²) in [6.07, 6.45) is 0. The van der Waals surface area contributed by atoms with Gasteiger partial charge in [0.2, 0.25) is 0 Å². The van der Waals surface area contributed by atoms with Crippen LogP contribution < -0.4 is 11.0 Å². The Morgan fingerprint density at radius 2 is 1.83 bits per heavy atom. The van der Waals surface area contributed by atoms with E-state index in [0.717, 1.165) is 27.7 Å². The average molecular weight is 327 g/mol. The molecule has 0 atom stereocenters. The van der Waals surface area contributed by atoms with Crippen LogP contribution in [0.1, 0.15) is 22.5 Å². The van der Waals surface area contributed by atoms with Gasteiger partial charge in [-0.15, -0.1) is 0 Å². The lowest BCUT2D eigenvalue weighted by molar-refractivity contribution is 0.904. The van der Waals surface area contributed by atoms with Crippen molar-refractivity contribution in [2.75, 3.05) is 0 Å². The zero-order valence-corrected chi connectivity index (χ0v) is 14.0. The maximum atomic E-state index is 12.3. The summed E-state index contributed by atoms with van der Waals surface area (Å²) < 4.78 is 0. The van der Waals surface area contributed by atoms with Crippen molar-refractivity contribution in [2.45, 2.75) is 31.7 Å². The highest BCUT2D eigenvalue weighted by molar-refractivity contribution is 7.98. The lowest BCUT2D eigenvalue weighted by atomic mass is 10.1. The second kappa shape index (κ2) is 6.04. The van der Waals surface area contributed by atoms with E-state index in [9.17, 15) is 9.59 Å². The molecule has 0 amide bonds. The van der Waals surface area contributed by atoms with Crippen molar-refractivity contribution >= 4 is 22.7 Å². The highest BCUT2D eigenvalue weighted by Crippen LogP contribution is 2.20. The largest absolute Gasteiger partial charge is 0.357 e. The van der Waals surface area contributed by atoms with Gasteiger partial charge in [-0.2, -0.15) is 0 Å². The Labute approximate surface area is 137 Å². The SMILES string of the molecule is Cc1cc(C)c2c(=O)cc(CSc3nc(C)cc(=O)[nH]3)[nH]c2c1. The van der Waals surface area contributed by atoms with Gasteiger partial charge in [-0.25, -0.2) is 4.98 Å². The number of aromatic nitrogens is 3. The number of rotatable bonds is 3. The van der Waals surface area contributed by atoms with Gasteiger partial charge < -0.3 is 9.97 Å². The summed E-state index contributed by atoms with van der Waals surface area (Å²) in [4.78, 5) is 34.1. The van der Waals surface area contributed by atoms with Gasteiger partial charge in [0.15, 0.2) is 10.6 Å². The minimum atomic E-state index is -0.168. The molecule has 2 N–H and O–H groups in total. The summed E-state index contributed by atoms with van der Waals surface area (Å²) in [6.45, 7) is 5.73. The van der Waals surface area contributed by atoms with E-state index in [-0.39, 0.29) is 11.0 Å². The van der Waals surface area contributed by atoms with Gasteiger partial charge in [0.25, 0.3) is 5.56 Å².